The van der Waals surface area contributed by atoms with Gasteiger partial charge in [0, 0.05) is 5.56 Å². The molecule has 1 heterocycles. The Morgan fingerprint density at radius 2 is 1.96 bits per heavy atom. The molecule has 3 rings (SSSR count). The van der Waals surface area contributed by atoms with Crippen LogP contribution in [0.5, 0.6) is 11.5 Å². The van der Waals surface area contributed by atoms with Gasteiger partial charge in [-0.1, -0.05) is 30.3 Å². The number of aromatic hydroxyl groups is 1. The highest BCUT2D eigenvalue weighted by Crippen LogP contribution is 2.36. The summed E-state index contributed by atoms with van der Waals surface area (Å²) >= 11 is 2.73. The van der Waals surface area contributed by atoms with Crippen LogP contribution >= 0.6 is 34.4 Å². The molecule has 1 aliphatic heterocycles. The van der Waals surface area contributed by atoms with E-state index < -0.39 is 11.1 Å². The summed E-state index contributed by atoms with van der Waals surface area (Å²) in [6.07, 6.45) is 1.54. The molecule has 0 bridgehead atoms. The van der Waals surface area contributed by atoms with Crippen molar-refractivity contribution in [2.75, 3.05) is 13.7 Å². The van der Waals surface area contributed by atoms with Crippen LogP contribution in [-0.2, 0) is 4.79 Å². The third-order valence-corrected chi connectivity index (χ3v) is 5.57. The number of Topliss-reactive ketones (excluding diaryl/α,β-unsaturated/α-hetero) is 1. The molecule has 6 nitrogen and oxygen atoms in total. The lowest BCUT2D eigenvalue weighted by Gasteiger charge is -2.11. The number of phenolic OH excluding ortho intramolecular Hbond substituents is 1. The van der Waals surface area contributed by atoms with Gasteiger partial charge in [0.1, 0.15) is 0 Å². The Hall–Kier alpha value is -2.33. The van der Waals surface area contributed by atoms with E-state index in [2.05, 4.69) is 0 Å². The number of ketones is 1. The van der Waals surface area contributed by atoms with Crippen LogP contribution in [0.3, 0.4) is 0 Å². The highest BCUT2D eigenvalue weighted by molar-refractivity contribution is 14.1. The van der Waals surface area contributed by atoms with Crippen molar-refractivity contribution in [1.82, 2.24) is 4.90 Å². The Morgan fingerprint density at radius 3 is 2.63 bits per heavy atom. The van der Waals surface area contributed by atoms with Crippen molar-refractivity contribution in [2.24, 2.45) is 0 Å². The molecule has 2 amide bonds. The van der Waals surface area contributed by atoms with E-state index in [0.717, 1.165) is 16.7 Å². The Balaban J connectivity index is 1.83. The van der Waals surface area contributed by atoms with Gasteiger partial charge in [-0.3, -0.25) is 19.3 Å². The van der Waals surface area contributed by atoms with Gasteiger partial charge in [0.15, 0.2) is 17.3 Å². The largest absolute Gasteiger partial charge is 0.504 e. The van der Waals surface area contributed by atoms with Crippen LogP contribution in [0.25, 0.3) is 6.08 Å². The van der Waals surface area contributed by atoms with Crippen molar-refractivity contribution in [3.05, 3.63) is 62.1 Å². The second-order valence-electron chi connectivity index (χ2n) is 5.61. The molecular formula is C19H14INO5S. The fourth-order valence-corrected chi connectivity index (χ4v) is 3.94. The number of nitrogens with zero attached hydrogens (tertiary/aromatic N) is 1. The summed E-state index contributed by atoms with van der Waals surface area (Å²) in [6, 6.07) is 11.8. The van der Waals surface area contributed by atoms with Gasteiger partial charge in [0.2, 0.25) is 0 Å². The Bertz CT molecular complexity index is 958. The van der Waals surface area contributed by atoms with Crippen molar-refractivity contribution in [3.8, 4) is 11.5 Å². The van der Waals surface area contributed by atoms with Crippen LogP contribution in [0.1, 0.15) is 15.9 Å². The van der Waals surface area contributed by atoms with Crippen molar-refractivity contribution < 1.29 is 24.2 Å². The van der Waals surface area contributed by atoms with Crippen molar-refractivity contribution in [1.29, 1.82) is 0 Å². The van der Waals surface area contributed by atoms with E-state index in [4.69, 9.17) is 4.74 Å². The Kier molecular flexibility index (Phi) is 5.85. The van der Waals surface area contributed by atoms with Gasteiger partial charge >= 0.3 is 0 Å². The van der Waals surface area contributed by atoms with E-state index in [-0.39, 0.29) is 28.7 Å². The number of carbonyl (C=O) groups is 3. The molecule has 1 saturated heterocycles. The van der Waals surface area contributed by atoms with Gasteiger partial charge < -0.3 is 9.84 Å². The maximum absolute atomic E-state index is 12.6. The normalized spacial score (nSPS) is 15.5. The number of amides is 2. The zero-order valence-electron chi connectivity index (χ0n) is 14.1. The van der Waals surface area contributed by atoms with Gasteiger partial charge in [0.25, 0.3) is 11.1 Å². The minimum atomic E-state index is -0.517. The first kappa shape index (κ1) is 19.4. The third kappa shape index (κ3) is 4.16. The topological polar surface area (TPSA) is 83.9 Å². The Morgan fingerprint density at radius 1 is 1.26 bits per heavy atom. The number of hydrogen-bond donors (Lipinski definition) is 1. The standard InChI is InChI=1S/C19H14INO5S/c1-26-15-8-11(7-13(20)17(15)23)9-16-18(24)21(19(25)27-16)10-14(22)12-5-3-2-4-6-12/h2-9,23H,10H2,1H3. The number of thioether (sulfide) groups is 1. The SMILES string of the molecule is COc1cc(C=C2SC(=O)N(CC(=O)c3ccccc3)C2=O)cc(I)c1O. The molecule has 1 fully saturated rings. The summed E-state index contributed by atoms with van der Waals surface area (Å²) in [5, 5.41) is 9.41. The molecule has 2 aromatic rings. The minimum absolute atomic E-state index is 0.0109. The molecule has 0 radical (unpaired) electrons. The molecule has 0 atom stereocenters. The summed E-state index contributed by atoms with van der Waals surface area (Å²) in [4.78, 5) is 38.2. The van der Waals surface area contributed by atoms with E-state index >= 15 is 0 Å². The van der Waals surface area contributed by atoms with Crippen molar-refractivity contribution in [2.45, 2.75) is 0 Å². The number of rotatable bonds is 5. The van der Waals surface area contributed by atoms with Crippen LogP contribution in [0.4, 0.5) is 4.79 Å². The summed E-state index contributed by atoms with van der Waals surface area (Å²) in [5.41, 5.74) is 1.05. The second-order valence-corrected chi connectivity index (χ2v) is 7.77. The first-order valence-corrected chi connectivity index (χ1v) is 9.70. The average Bonchev–Trinajstić information content (AvgIpc) is 2.92. The highest BCUT2D eigenvalue weighted by atomic mass is 127. The van der Waals surface area contributed by atoms with E-state index in [0.29, 0.717) is 14.7 Å². The fraction of sp³-hybridized carbons (Fsp3) is 0.105. The number of benzene rings is 2. The smallest absolute Gasteiger partial charge is 0.293 e. The molecule has 0 aromatic heterocycles. The molecule has 0 unspecified atom stereocenters. The van der Waals surface area contributed by atoms with Crippen LogP contribution in [0.2, 0.25) is 0 Å². The zero-order valence-corrected chi connectivity index (χ0v) is 17.1. The van der Waals surface area contributed by atoms with Gasteiger partial charge in [-0.2, -0.15) is 0 Å². The molecule has 0 aliphatic carbocycles. The number of ether oxygens (including phenoxy) is 1. The van der Waals surface area contributed by atoms with E-state index in [1.807, 2.05) is 22.6 Å². The summed E-state index contributed by atoms with van der Waals surface area (Å²) < 4.78 is 5.66. The number of phenols is 1. The molecule has 0 saturated carbocycles. The summed E-state index contributed by atoms with van der Waals surface area (Å²) in [6.45, 7) is -0.303. The number of hydrogen-bond acceptors (Lipinski definition) is 6. The first-order valence-electron chi connectivity index (χ1n) is 7.81. The number of imide groups is 1. The molecular weight excluding hydrogens is 481 g/mol. The molecule has 138 valence electrons. The van der Waals surface area contributed by atoms with E-state index in [9.17, 15) is 19.5 Å². The van der Waals surface area contributed by atoms with Crippen LogP contribution < -0.4 is 4.74 Å². The third-order valence-electron chi connectivity index (χ3n) is 3.84. The maximum Gasteiger partial charge on any atom is 0.293 e. The minimum Gasteiger partial charge on any atom is -0.504 e. The van der Waals surface area contributed by atoms with Crippen LogP contribution in [0, 0.1) is 3.57 Å². The van der Waals surface area contributed by atoms with Crippen molar-refractivity contribution in [3.63, 3.8) is 0 Å². The second kappa shape index (κ2) is 8.13. The van der Waals surface area contributed by atoms with Gasteiger partial charge in [-0.25, -0.2) is 0 Å². The number of methoxy groups -OCH3 is 1. The molecule has 1 N–H and O–H groups in total. The lowest BCUT2D eigenvalue weighted by molar-refractivity contribution is -0.122. The van der Waals surface area contributed by atoms with Crippen LogP contribution in [-0.4, -0.2) is 40.6 Å². The average molecular weight is 495 g/mol. The van der Waals surface area contributed by atoms with E-state index in [1.54, 1.807) is 48.5 Å². The summed E-state index contributed by atoms with van der Waals surface area (Å²) in [5.74, 6) is -0.542. The summed E-state index contributed by atoms with van der Waals surface area (Å²) in [7, 11) is 1.43. The quantitative estimate of drug-likeness (QED) is 0.385. The lowest BCUT2D eigenvalue weighted by Crippen LogP contribution is -2.33. The molecule has 27 heavy (non-hydrogen) atoms. The lowest BCUT2D eigenvalue weighted by atomic mass is 10.1. The first-order chi connectivity index (χ1) is 12.9. The predicted molar refractivity (Wildman–Crippen MR) is 111 cm³/mol. The fourth-order valence-electron chi connectivity index (χ4n) is 2.48. The number of carbonyl (C=O) groups excluding carboxylic acids is 3. The number of halogens is 1. The molecule has 2 aromatic carbocycles. The Labute approximate surface area is 173 Å². The maximum atomic E-state index is 12.6. The molecule has 1 aliphatic rings. The monoisotopic (exact) mass is 495 g/mol. The van der Waals surface area contributed by atoms with Crippen LogP contribution in [0.15, 0.2) is 47.4 Å². The van der Waals surface area contributed by atoms with Gasteiger partial charge in [-0.05, 0) is 58.1 Å². The molecule has 0 spiro atoms. The van der Waals surface area contributed by atoms with Crippen molar-refractivity contribution >= 4 is 57.4 Å². The highest BCUT2D eigenvalue weighted by Gasteiger charge is 2.36. The van der Waals surface area contributed by atoms with E-state index in [1.165, 1.54) is 7.11 Å². The van der Waals surface area contributed by atoms with Gasteiger partial charge in [0.05, 0.1) is 22.1 Å². The zero-order chi connectivity index (χ0) is 19.6. The predicted octanol–water partition coefficient (Wildman–Crippen LogP) is 3.92. The van der Waals surface area contributed by atoms with Gasteiger partial charge in [-0.15, -0.1) is 0 Å². The molecule has 8 heteroatoms.